The van der Waals surface area contributed by atoms with Crippen molar-refractivity contribution < 1.29 is 4.74 Å². The van der Waals surface area contributed by atoms with Crippen LogP contribution in [0.2, 0.25) is 0 Å². The minimum atomic E-state index is 0.493. The molecule has 0 aromatic carbocycles. The first-order chi connectivity index (χ1) is 7.16. The first-order valence-electron chi connectivity index (χ1n) is 5.82. The van der Waals surface area contributed by atoms with Gasteiger partial charge < -0.3 is 4.74 Å². The molecule has 0 aromatic rings. The SMILES string of the molecule is CC1(C)CSCC(NN2CCOCC2)C1. The normalized spacial score (nSPS) is 32.8. The Hall–Kier alpha value is 0.230. The van der Waals surface area contributed by atoms with E-state index in [9.17, 15) is 0 Å². The van der Waals surface area contributed by atoms with E-state index in [0.717, 1.165) is 26.3 Å². The van der Waals surface area contributed by atoms with Crippen LogP contribution in [0.4, 0.5) is 0 Å². The lowest BCUT2D eigenvalue weighted by Gasteiger charge is -2.39. The van der Waals surface area contributed by atoms with Crippen molar-refractivity contribution in [2.45, 2.75) is 26.3 Å². The summed E-state index contributed by atoms with van der Waals surface area (Å²) in [7, 11) is 0. The molecule has 0 aromatic heterocycles. The maximum absolute atomic E-state index is 5.34. The van der Waals surface area contributed by atoms with Crippen LogP contribution in [-0.2, 0) is 4.74 Å². The molecule has 3 nitrogen and oxygen atoms in total. The fourth-order valence-corrected chi connectivity index (χ4v) is 3.56. The van der Waals surface area contributed by atoms with Gasteiger partial charge in [0.1, 0.15) is 0 Å². The molecule has 88 valence electrons. The predicted octanol–water partition coefficient (Wildman–Crippen LogP) is 1.35. The minimum Gasteiger partial charge on any atom is -0.379 e. The largest absolute Gasteiger partial charge is 0.379 e. The van der Waals surface area contributed by atoms with E-state index in [4.69, 9.17) is 4.74 Å². The van der Waals surface area contributed by atoms with Crippen LogP contribution in [-0.4, -0.2) is 48.9 Å². The van der Waals surface area contributed by atoms with Gasteiger partial charge in [-0.3, -0.25) is 5.43 Å². The molecule has 1 N–H and O–H groups in total. The van der Waals surface area contributed by atoms with E-state index in [1.807, 2.05) is 0 Å². The standard InChI is InChI=1S/C11H22N2OS/c1-11(2)7-10(8-15-9-11)12-13-3-5-14-6-4-13/h10,12H,3-9H2,1-2H3. The first kappa shape index (κ1) is 11.7. The highest BCUT2D eigenvalue weighted by molar-refractivity contribution is 7.99. The Morgan fingerprint density at radius 1 is 1.33 bits per heavy atom. The van der Waals surface area contributed by atoms with Gasteiger partial charge in [0.15, 0.2) is 0 Å². The van der Waals surface area contributed by atoms with Crippen molar-refractivity contribution in [2.24, 2.45) is 5.41 Å². The van der Waals surface area contributed by atoms with E-state index < -0.39 is 0 Å². The molecule has 2 rings (SSSR count). The van der Waals surface area contributed by atoms with E-state index in [-0.39, 0.29) is 0 Å². The van der Waals surface area contributed by atoms with Gasteiger partial charge in [0.2, 0.25) is 0 Å². The monoisotopic (exact) mass is 230 g/mol. The molecule has 1 atom stereocenters. The van der Waals surface area contributed by atoms with E-state index in [1.54, 1.807) is 0 Å². The number of ether oxygens (including phenoxy) is 1. The number of rotatable bonds is 2. The zero-order chi connectivity index (χ0) is 10.7. The molecule has 15 heavy (non-hydrogen) atoms. The maximum atomic E-state index is 5.34. The van der Waals surface area contributed by atoms with E-state index in [1.165, 1.54) is 17.9 Å². The summed E-state index contributed by atoms with van der Waals surface area (Å²) in [6.45, 7) is 8.54. The lowest BCUT2D eigenvalue weighted by atomic mass is 9.88. The molecular formula is C11H22N2OS. The van der Waals surface area contributed by atoms with E-state index >= 15 is 0 Å². The van der Waals surface area contributed by atoms with Crippen LogP contribution in [0.25, 0.3) is 0 Å². The second kappa shape index (κ2) is 5.04. The minimum absolute atomic E-state index is 0.493. The van der Waals surface area contributed by atoms with Crippen LogP contribution < -0.4 is 5.43 Å². The molecule has 2 aliphatic rings. The Morgan fingerprint density at radius 3 is 2.73 bits per heavy atom. The van der Waals surface area contributed by atoms with Gasteiger partial charge in [-0.05, 0) is 17.6 Å². The quantitative estimate of drug-likeness (QED) is 0.774. The molecule has 2 heterocycles. The second-order valence-electron chi connectivity index (χ2n) is 5.31. The van der Waals surface area contributed by atoms with Gasteiger partial charge in [-0.2, -0.15) is 11.8 Å². The fourth-order valence-electron chi connectivity index (χ4n) is 2.30. The number of morpholine rings is 1. The van der Waals surface area contributed by atoms with Gasteiger partial charge in [-0.25, -0.2) is 5.01 Å². The third-order valence-electron chi connectivity index (χ3n) is 2.99. The second-order valence-corrected chi connectivity index (χ2v) is 6.34. The smallest absolute Gasteiger partial charge is 0.0608 e. The molecule has 0 bridgehead atoms. The summed E-state index contributed by atoms with van der Waals surface area (Å²) in [4.78, 5) is 0. The molecule has 1 unspecified atom stereocenters. The Balaban J connectivity index is 1.78. The molecule has 4 heteroatoms. The average Bonchev–Trinajstić information content (AvgIpc) is 2.17. The summed E-state index contributed by atoms with van der Waals surface area (Å²) in [6.07, 6.45) is 1.29. The van der Waals surface area contributed by atoms with Crippen molar-refractivity contribution in [1.82, 2.24) is 10.4 Å². The number of thioether (sulfide) groups is 1. The van der Waals surface area contributed by atoms with Crippen molar-refractivity contribution in [1.29, 1.82) is 0 Å². The molecule has 0 aliphatic carbocycles. The molecule has 0 amide bonds. The van der Waals surface area contributed by atoms with Crippen LogP contribution in [0.5, 0.6) is 0 Å². The number of hydrogen-bond acceptors (Lipinski definition) is 4. The molecule has 2 saturated heterocycles. The van der Waals surface area contributed by atoms with Crippen LogP contribution >= 0.6 is 11.8 Å². The van der Waals surface area contributed by atoms with E-state index in [2.05, 4.69) is 36.0 Å². The fraction of sp³-hybridized carbons (Fsp3) is 1.00. The molecular weight excluding hydrogens is 208 g/mol. The first-order valence-corrected chi connectivity index (χ1v) is 6.98. The van der Waals surface area contributed by atoms with Crippen molar-refractivity contribution in [3.05, 3.63) is 0 Å². The van der Waals surface area contributed by atoms with E-state index in [0.29, 0.717) is 11.5 Å². The molecule has 0 saturated carbocycles. The maximum Gasteiger partial charge on any atom is 0.0608 e. The highest BCUT2D eigenvalue weighted by Gasteiger charge is 2.29. The molecule has 0 spiro atoms. The highest BCUT2D eigenvalue weighted by Crippen LogP contribution is 2.33. The predicted molar refractivity (Wildman–Crippen MR) is 65.0 cm³/mol. The summed E-state index contributed by atoms with van der Waals surface area (Å²) in [6, 6.07) is 0.650. The topological polar surface area (TPSA) is 24.5 Å². The summed E-state index contributed by atoms with van der Waals surface area (Å²) in [5.74, 6) is 2.55. The summed E-state index contributed by atoms with van der Waals surface area (Å²) < 4.78 is 5.34. The number of nitrogens with zero attached hydrogens (tertiary/aromatic N) is 1. The van der Waals surface area contributed by atoms with Crippen molar-refractivity contribution in [3.63, 3.8) is 0 Å². The van der Waals surface area contributed by atoms with Gasteiger partial charge in [0.25, 0.3) is 0 Å². The average molecular weight is 230 g/mol. The number of hydrogen-bond donors (Lipinski definition) is 1. The van der Waals surface area contributed by atoms with Crippen LogP contribution in [0.15, 0.2) is 0 Å². The molecule has 2 fully saturated rings. The Morgan fingerprint density at radius 2 is 2.07 bits per heavy atom. The Bertz CT molecular complexity index is 205. The van der Waals surface area contributed by atoms with Crippen LogP contribution in [0.3, 0.4) is 0 Å². The summed E-state index contributed by atoms with van der Waals surface area (Å²) >= 11 is 2.08. The number of nitrogens with one attached hydrogen (secondary N) is 1. The van der Waals surface area contributed by atoms with Gasteiger partial charge in [-0.15, -0.1) is 0 Å². The van der Waals surface area contributed by atoms with Gasteiger partial charge in [0, 0.05) is 24.9 Å². The lowest BCUT2D eigenvalue weighted by Crippen LogP contribution is -2.53. The van der Waals surface area contributed by atoms with Gasteiger partial charge in [0.05, 0.1) is 13.2 Å². The number of hydrazine groups is 1. The van der Waals surface area contributed by atoms with Crippen LogP contribution in [0, 0.1) is 5.41 Å². The van der Waals surface area contributed by atoms with Gasteiger partial charge in [-0.1, -0.05) is 13.8 Å². The van der Waals surface area contributed by atoms with Crippen LogP contribution in [0.1, 0.15) is 20.3 Å². The Kier molecular flexibility index (Phi) is 3.93. The van der Waals surface area contributed by atoms with Crippen molar-refractivity contribution in [3.8, 4) is 0 Å². The Labute approximate surface area is 96.9 Å². The third-order valence-corrected chi connectivity index (χ3v) is 4.61. The molecule has 0 radical (unpaired) electrons. The van der Waals surface area contributed by atoms with Gasteiger partial charge >= 0.3 is 0 Å². The third kappa shape index (κ3) is 3.63. The summed E-state index contributed by atoms with van der Waals surface area (Å²) in [5.41, 5.74) is 4.14. The van der Waals surface area contributed by atoms with Crippen molar-refractivity contribution >= 4 is 11.8 Å². The zero-order valence-electron chi connectivity index (χ0n) is 9.79. The van der Waals surface area contributed by atoms with Crippen molar-refractivity contribution in [2.75, 3.05) is 37.8 Å². The highest BCUT2D eigenvalue weighted by atomic mass is 32.2. The molecule has 2 aliphatic heterocycles. The zero-order valence-corrected chi connectivity index (χ0v) is 10.6. The lowest BCUT2D eigenvalue weighted by molar-refractivity contribution is 0.00200. The summed E-state index contributed by atoms with van der Waals surface area (Å²) in [5, 5.41) is 2.33.